The molecule has 12 heteroatoms. The number of nitro groups is 1. The van der Waals surface area contributed by atoms with E-state index in [0.29, 0.717) is 18.7 Å². The lowest BCUT2D eigenvalue weighted by Crippen LogP contribution is -2.28. The quantitative estimate of drug-likeness (QED) is 0.401. The van der Waals surface area contributed by atoms with Gasteiger partial charge in [0.1, 0.15) is 24.2 Å². The molecule has 1 unspecified atom stereocenters. The zero-order chi connectivity index (χ0) is 21.7. The van der Waals surface area contributed by atoms with Crippen molar-refractivity contribution in [2.75, 3.05) is 5.32 Å². The third-order valence-corrected chi connectivity index (χ3v) is 4.37. The van der Waals surface area contributed by atoms with Gasteiger partial charge in [0.15, 0.2) is 5.69 Å². The number of anilines is 1. The number of nitrogens with zero attached hydrogens (tertiary/aromatic N) is 5. The van der Waals surface area contributed by atoms with Gasteiger partial charge >= 0.3 is 5.69 Å². The van der Waals surface area contributed by atoms with Gasteiger partial charge in [0.05, 0.1) is 23.4 Å². The summed E-state index contributed by atoms with van der Waals surface area (Å²) < 4.78 is 7.94. The van der Waals surface area contributed by atoms with Crippen LogP contribution in [0, 0.1) is 10.1 Å². The number of furan rings is 1. The van der Waals surface area contributed by atoms with Gasteiger partial charge in [0.25, 0.3) is 5.91 Å². The lowest BCUT2D eigenvalue weighted by molar-refractivity contribution is -0.385. The Hall–Kier alpha value is -3.96. The van der Waals surface area contributed by atoms with E-state index in [9.17, 15) is 19.7 Å². The molecule has 3 heterocycles. The Balaban J connectivity index is 1.76. The van der Waals surface area contributed by atoms with Crippen molar-refractivity contribution in [1.29, 1.82) is 0 Å². The van der Waals surface area contributed by atoms with Crippen LogP contribution in [-0.2, 0) is 17.9 Å². The molecule has 30 heavy (non-hydrogen) atoms. The van der Waals surface area contributed by atoms with Gasteiger partial charge in [-0.3, -0.25) is 29.1 Å². The molecular formula is C18H21N7O5. The number of aryl methyl sites for hydroxylation is 1. The summed E-state index contributed by atoms with van der Waals surface area (Å²) in [5.41, 5.74) is 0.0787. The van der Waals surface area contributed by atoms with Crippen molar-refractivity contribution in [2.24, 2.45) is 0 Å². The molecule has 1 atom stereocenters. The second kappa shape index (κ2) is 9.03. The van der Waals surface area contributed by atoms with Crippen LogP contribution in [0.2, 0.25) is 0 Å². The predicted molar refractivity (Wildman–Crippen MR) is 105 cm³/mol. The van der Waals surface area contributed by atoms with Crippen molar-refractivity contribution in [2.45, 2.75) is 39.4 Å². The molecular weight excluding hydrogens is 394 g/mol. The first-order valence-electron chi connectivity index (χ1n) is 9.30. The minimum atomic E-state index is -0.789. The SMILES string of the molecule is CCC(C(=O)Nc1cn(CC)nc1C(=O)NCc1ccco1)n1cc([N+](=O)[O-])cn1. The van der Waals surface area contributed by atoms with Gasteiger partial charge in [-0.2, -0.15) is 10.2 Å². The van der Waals surface area contributed by atoms with Crippen LogP contribution in [0.4, 0.5) is 11.4 Å². The van der Waals surface area contributed by atoms with Crippen molar-refractivity contribution < 1.29 is 18.9 Å². The summed E-state index contributed by atoms with van der Waals surface area (Å²) in [7, 11) is 0. The topological polar surface area (TPSA) is 150 Å². The average Bonchev–Trinajstić information content (AvgIpc) is 3.47. The number of nitrogens with one attached hydrogen (secondary N) is 2. The molecule has 0 saturated heterocycles. The number of hydrogen-bond acceptors (Lipinski definition) is 7. The van der Waals surface area contributed by atoms with Gasteiger partial charge in [-0.05, 0) is 25.5 Å². The molecule has 0 aromatic carbocycles. The molecule has 158 valence electrons. The highest BCUT2D eigenvalue weighted by Crippen LogP contribution is 2.20. The van der Waals surface area contributed by atoms with Crippen LogP contribution in [-0.4, -0.2) is 36.3 Å². The Bertz CT molecular complexity index is 1040. The summed E-state index contributed by atoms with van der Waals surface area (Å²) in [5, 5.41) is 24.4. The van der Waals surface area contributed by atoms with E-state index in [1.807, 2.05) is 6.92 Å². The Kier molecular flexibility index (Phi) is 6.25. The van der Waals surface area contributed by atoms with Crippen molar-refractivity contribution in [3.05, 3.63) is 58.6 Å². The van der Waals surface area contributed by atoms with Crippen LogP contribution in [0.5, 0.6) is 0 Å². The zero-order valence-electron chi connectivity index (χ0n) is 16.4. The van der Waals surface area contributed by atoms with E-state index in [1.165, 1.54) is 21.8 Å². The van der Waals surface area contributed by atoms with E-state index in [1.54, 1.807) is 25.3 Å². The van der Waals surface area contributed by atoms with Gasteiger partial charge in [-0.15, -0.1) is 0 Å². The molecule has 0 aliphatic heterocycles. The number of hydrogen-bond donors (Lipinski definition) is 2. The molecule has 0 saturated carbocycles. The highest BCUT2D eigenvalue weighted by Gasteiger charge is 2.25. The smallest absolute Gasteiger partial charge is 0.307 e. The van der Waals surface area contributed by atoms with Crippen LogP contribution in [0.15, 0.2) is 41.4 Å². The Morgan fingerprint density at radius 2 is 2.13 bits per heavy atom. The lowest BCUT2D eigenvalue weighted by Gasteiger charge is -2.15. The molecule has 0 fully saturated rings. The minimum absolute atomic E-state index is 0.0538. The molecule has 0 bridgehead atoms. The average molecular weight is 415 g/mol. The van der Waals surface area contributed by atoms with Gasteiger partial charge in [0.2, 0.25) is 5.91 Å². The van der Waals surface area contributed by atoms with Crippen molar-refractivity contribution in [3.8, 4) is 0 Å². The number of rotatable bonds is 9. The Labute approximate surface area is 171 Å². The maximum atomic E-state index is 12.8. The third kappa shape index (κ3) is 4.54. The predicted octanol–water partition coefficient (Wildman–Crippen LogP) is 2.12. The van der Waals surface area contributed by atoms with Gasteiger partial charge in [0, 0.05) is 12.7 Å². The summed E-state index contributed by atoms with van der Waals surface area (Å²) in [6.45, 7) is 4.27. The normalized spacial score (nSPS) is 11.8. The second-order valence-electron chi connectivity index (χ2n) is 6.36. The maximum Gasteiger partial charge on any atom is 0.307 e. The van der Waals surface area contributed by atoms with E-state index in [-0.39, 0.29) is 23.6 Å². The molecule has 3 rings (SSSR count). The fraction of sp³-hybridized carbons (Fsp3) is 0.333. The maximum absolute atomic E-state index is 12.8. The molecule has 0 aliphatic rings. The number of carbonyl (C=O) groups excluding carboxylic acids is 2. The first-order valence-corrected chi connectivity index (χ1v) is 9.30. The molecule has 0 radical (unpaired) electrons. The van der Waals surface area contributed by atoms with E-state index >= 15 is 0 Å². The lowest BCUT2D eigenvalue weighted by atomic mass is 10.2. The number of amides is 2. The third-order valence-electron chi connectivity index (χ3n) is 4.37. The molecule has 3 aromatic heterocycles. The van der Waals surface area contributed by atoms with Crippen LogP contribution < -0.4 is 10.6 Å². The Morgan fingerprint density at radius 3 is 2.73 bits per heavy atom. The van der Waals surface area contributed by atoms with Crippen LogP contribution in [0.3, 0.4) is 0 Å². The number of carbonyl (C=O) groups is 2. The zero-order valence-corrected chi connectivity index (χ0v) is 16.4. The summed E-state index contributed by atoms with van der Waals surface area (Å²) in [6.07, 6.45) is 5.67. The van der Waals surface area contributed by atoms with E-state index in [2.05, 4.69) is 20.8 Å². The van der Waals surface area contributed by atoms with E-state index < -0.39 is 22.8 Å². The largest absolute Gasteiger partial charge is 0.467 e. The van der Waals surface area contributed by atoms with Crippen LogP contribution in [0.1, 0.15) is 42.6 Å². The summed E-state index contributed by atoms with van der Waals surface area (Å²) in [6, 6.07) is 2.65. The first-order chi connectivity index (χ1) is 14.4. The van der Waals surface area contributed by atoms with Gasteiger partial charge in [-0.1, -0.05) is 6.92 Å². The summed E-state index contributed by atoms with van der Waals surface area (Å²) in [5.74, 6) is -0.363. The highest BCUT2D eigenvalue weighted by atomic mass is 16.6. The second-order valence-corrected chi connectivity index (χ2v) is 6.36. The molecule has 2 amide bonds. The van der Waals surface area contributed by atoms with E-state index in [0.717, 1.165) is 6.20 Å². The van der Waals surface area contributed by atoms with Crippen LogP contribution >= 0.6 is 0 Å². The molecule has 2 N–H and O–H groups in total. The molecule has 12 nitrogen and oxygen atoms in total. The van der Waals surface area contributed by atoms with Crippen molar-refractivity contribution in [3.63, 3.8) is 0 Å². The monoisotopic (exact) mass is 415 g/mol. The first kappa shape index (κ1) is 20.8. The van der Waals surface area contributed by atoms with Gasteiger partial charge < -0.3 is 15.1 Å². The molecule has 0 spiro atoms. The summed E-state index contributed by atoms with van der Waals surface area (Å²) >= 11 is 0. The van der Waals surface area contributed by atoms with Crippen molar-refractivity contribution in [1.82, 2.24) is 24.9 Å². The fourth-order valence-corrected chi connectivity index (χ4v) is 2.81. The molecule has 3 aromatic rings. The van der Waals surface area contributed by atoms with Crippen molar-refractivity contribution >= 4 is 23.2 Å². The molecule has 0 aliphatic carbocycles. The van der Waals surface area contributed by atoms with E-state index in [4.69, 9.17) is 4.42 Å². The summed E-state index contributed by atoms with van der Waals surface area (Å²) in [4.78, 5) is 35.7. The number of aromatic nitrogens is 4. The highest BCUT2D eigenvalue weighted by molar-refractivity contribution is 6.03. The van der Waals surface area contributed by atoms with Gasteiger partial charge in [-0.25, -0.2) is 0 Å². The van der Waals surface area contributed by atoms with Crippen LogP contribution in [0.25, 0.3) is 0 Å². The standard InChI is InChI=1S/C18H21N7O5/c1-3-15(24-10-12(8-20-24)25(28)29)17(26)21-14-11-23(4-2)22-16(14)18(27)19-9-13-6-5-7-30-13/h5-8,10-11,15H,3-4,9H2,1-2H3,(H,19,27)(H,21,26). The fourth-order valence-electron chi connectivity index (χ4n) is 2.81. The Morgan fingerprint density at radius 1 is 1.33 bits per heavy atom. The minimum Gasteiger partial charge on any atom is -0.467 e.